The van der Waals surface area contributed by atoms with E-state index in [0.29, 0.717) is 23.0 Å². The zero-order chi connectivity index (χ0) is 14.8. The Balaban J connectivity index is 1.90. The van der Waals surface area contributed by atoms with Crippen LogP contribution in [0.15, 0.2) is 23.3 Å². The van der Waals surface area contributed by atoms with Gasteiger partial charge in [0.25, 0.3) is 5.91 Å². The number of nitrogens with one attached hydrogen (secondary N) is 2. The summed E-state index contributed by atoms with van der Waals surface area (Å²) >= 11 is 5.89. The van der Waals surface area contributed by atoms with Crippen molar-refractivity contribution in [3.8, 4) is 0 Å². The highest BCUT2D eigenvalue weighted by Gasteiger charge is 2.31. The second kappa shape index (κ2) is 5.69. The number of nitrogens with zero attached hydrogens (tertiary/aromatic N) is 3. The van der Waals surface area contributed by atoms with Crippen molar-refractivity contribution in [2.24, 2.45) is 0 Å². The van der Waals surface area contributed by atoms with Gasteiger partial charge in [-0.25, -0.2) is 9.89 Å². The molecule has 2 aromatic heterocycles. The van der Waals surface area contributed by atoms with Crippen LogP contribution in [-0.4, -0.2) is 37.5 Å². The molecule has 0 unspecified atom stereocenters. The van der Waals surface area contributed by atoms with Crippen LogP contribution in [0.5, 0.6) is 0 Å². The molecule has 1 fully saturated rings. The van der Waals surface area contributed by atoms with Crippen LogP contribution in [0.2, 0.25) is 5.02 Å². The van der Waals surface area contributed by atoms with Crippen LogP contribution in [0.4, 0.5) is 0 Å². The Hall–Kier alpha value is -2.15. The van der Waals surface area contributed by atoms with Crippen LogP contribution in [0.1, 0.15) is 41.5 Å². The number of H-pyrrole nitrogens is 2. The summed E-state index contributed by atoms with van der Waals surface area (Å²) in [4.78, 5) is 32.1. The van der Waals surface area contributed by atoms with Gasteiger partial charge < -0.3 is 4.90 Å². The number of carbonyl (C=O) groups is 1. The van der Waals surface area contributed by atoms with E-state index in [1.54, 1.807) is 11.0 Å². The molecule has 0 aliphatic carbocycles. The van der Waals surface area contributed by atoms with E-state index in [1.165, 1.54) is 12.4 Å². The lowest BCUT2D eigenvalue weighted by molar-refractivity contribution is 0.0600. The Morgan fingerprint density at radius 3 is 2.95 bits per heavy atom. The molecule has 2 aromatic rings. The number of amides is 1. The number of carbonyl (C=O) groups excluding carboxylic acids is 1. The average molecular weight is 308 g/mol. The molecule has 0 radical (unpaired) electrons. The van der Waals surface area contributed by atoms with Crippen molar-refractivity contribution >= 4 is 17.5 Å². The largest absolute Gasteiger partial charge is 0.340 e. The minimum atomic E-state index is -0.368. The van der Waals surface area contributed by atoms with Crippen molar-refractivity contribution in [3.63, 3.8) is 0 Å². The number of aromatic amines is 2. The van der Waals surface area contributed by atoms with Crippen LogP contribution in [0.25, 0.3) is 0 Å². The first kappa shape index (κ1) is 13.8. The van der Waals surface area contributed by atoms with E-state index in [9.17, 15) is 9.59 Å². The molecule has 7 nitrogen and oxygen atoms in total. The fourth-order valence-electron chi connectivity index (χ4n) is 2.59. The second-order valence-corrected chi connectivity index (χ2v) is 5.40. The molecule has 0 bridgehead atoms. The summed E-state index contributed by atoms with van der Waals surface area (Å²) in [5, 5.41) is 6.72. The number of hydrogen-bond donors (Lipinski definition) is 2. The number of piperidine rings is 1. The van der Waals surface area contributed by atoms with Crippen molar-refractivity contribution in [1.82, 2.24) is 25.1 Å². The number of pyridine rings is 1. The Morgan fingerprint density at radius 2 is 2.24 bits per heavy atom. The van der Waals surface area contributed by atoms with E-state index in [1.807, 2.05) is 0 Å². The fraction of sp³-hybridized carbons (Fsp3) is 0.385. The summed E-state index contributed by atoms with van der Waals surface area (Å²) in [6.45, 7) is 0.616. The first-order valence-corrected chi connectivity index (χ1v) is 7.09. The van der Waals surface area contributed by atoms with Crippen molar-refractivity contribution in [2.45, 2.75) is 25.3 Å². The average Bonchev–Trinajstić information content (AvgIpc) is 2.93. The topological polar surface area (TPSA) is 94.7 Å². The molecule has 1 aliphatic heterocycles. The van der Waals surface area contributed by atoms with Gasteiger partial charge in [-0.05, 0) is 25.3 Å². The van der Waals surface area contributed by atoms with Gasteiger partial charge >= 0.3 is 5.69 Å². The van der Waals surface area contributed by atoms with Crippen molar-refractivity contribution in [2.75, 3.05) is 6.54 Å². The van der Waals surface area contributed by atoms with Crippen LogP contribution in [0, 0.1) is 0 Å². The van der Waals surface area contributed by atoms with E-state index in [2.05, 4.69) is 20.2 Å². The Morgan fingerprint density at radius 1 is 1.38 bits per heavy atom. The van der Waals surface area contributed by atoms with Crippen molar-refractivity contribution < 1.29 is 4.79 Å². The maximum absolute atomic E-state index is 12.6. The third kappa shape index (κ3) is 2.82. The molecule has 1 aliphatic rings. The lowest BCUT2D eigenvalue weighted by Crippen LogP contribution is -2.39. The van der Waals surface area contributed by atoms with Crippen LogP contribution >= 0.6 is 11.6 Å². The van der Waals surface area contributed by atoms with Gasteiger partial charge in [0, 0.05) is 18.9 Å². The summed E-state index contributed by atoms with van der Waals surface area (Å²) in [7, 11) is 0. The normalized spacial score (nSPS) is 18.7. The van der Waals surface area contributed by atoms with Crippen LogP contribution < -0.4 is 5.69 Å². The first-order valence-electron chi connectivity index (χ1n) is 6.71. The van der Waals surface area contributed by atoms with Gasteiger partial charge in [-0.3, -0.25) is 14.8 Å². The predicted octanol–water partition coefficient (Wildman–Crippen LogP) is 1.51. The Kier molecular flexibility index (Phi) is 3.74. The molecule has 1 atom stereocenters. The van der Waals surface area contributed by atoms with Gasteiger partial charge in [0.1, 0.15) is 0 Å². The summed E-state index contributed by atoms with van der Waals surface area (Å²) < 4.78 is 0. The molecule has 0 aromatic carbocycles. The highest BCUT2D eigenvalue weighted by molar-refractivity contribution is 6.30. The number of likely N-dealkylation sites (tertiary alicyclic amines) is 1. The Labute approximate surface area is 125 Å². The second-order valence-electron chi connectivity index (χ2n) is 4.96. The highest BCUT2D eigenvalue weighted by Crippen LogP contribution is 2.29. The van der Waals surface area contributed by atoms with E-state index in [0.717, 1.165) is 19.3 Å². The lowest BCUT2D eigenvalue weighted by Gasteiger charge is -2.34. The van der Waals surface area contributed by atoms with E-state index in [-0.39, 0.29) is 17.6 Å². The lowest BCUT2D eigenvalue weighted by atomic mass is 10.0. The number of halogens is 1. The van der Waals surface area contributed by atoms with E-state index >= 15 is 0 Å². The maximum atomic E-state index is 12.6. The third-order valence-electron chi connectivity index (χ3n) is 3.55. The van der Waals surface area contributed by atoms with Crippen molar-refractivity contribution in [1.29, 1.82) is 0 Å². The summed E-state index contributed by atoms with van der Waals surface area (Å²) in [5.41, 5.74) is 0.0691. The SMILES string of the molecule is O=C(c1cncc(Cl)c1)N1CCCC[C@H]1c1n[nH]c(=O)[nH]1. The van der Waals surface area contributed by atoms with Crippen LogP contribution in [0.3, 0.4) is 0 Å². The van der Waals surface area contributed by atoms with E-state index in [4.69, 9.17) is 11.6 Å². The summed E-state index contributed by atoms with van der Waals surface area (Å²) in [6, 6.07) is 1.36. The van der Waals surface area contributed by atoms with Gasteiger partial charge in [0.05, 0.1) is 16.6 Å². The number of rotatable bonds is 2. The molecule has 1 saturated heterocycles. The third-order valence-corrected chi connectivity index (χ3v) is 3.76. The predicted molar refractivity (Wildman–Crippen MR) is 76.1 cm³/mol. The van der Waals surface area contributed by atoms with Gasteiger partial charge in [-0.1, -0.05) is 11.6 Å². The minimum absolute atomic E-state index is 0.154. The van der Waals surface area contributed by atoms with Gasteiger partial charge in [0.15, 0.2) is 5.82 Å². The molecule has 0 spiro atoms. The maximum Gasteiger partial charge on any atom is 0.340 e. The molecule has 0 saturated carbocycles. The number of aromatic nitrogens is 4. The standard InChI is InChI=1S/C13H14ClN5O2/c14-9-5-8(6-15-7-9)12(20)19-4-2-1-3-10(19)11-16-13(21)18-17-11/h5-7,10H,1-4H2,(H2,16,17,18,21)/t10-/m0/s1. The number of hydrogen-bond acceptors (Lipinski definition) is 4. The summed E-state index contributed by atoms with van der Waals surface area (Å²) in [6.07, 6.45) is 5.65. The molecule has 1 amide bonds. The summed E-state index contributed by atoms with van der Waals surface area (Å²) in [5.74, 6) is 0.335. The zero-order valence-corrected chi connectivity index (χ0v) is 11.9. The molecule has 110 valence electrons. The molecular formula is C13H14ClN5O2. The molecule has 3 heterocycles. The first-order chi connectivity index (χ1) is 10.1. The minimum Gasteiger partial charge on any atom is -0.328 e. The van der Waals surface area contributed by atoms with E-state index < -0.39 is 0 Å². The van der Waals surface area contributed by atoms with Gasteiger partial charge in [-0.2, -0.15) is 5.10 Å². The zero-order valence-electron chi connectivity index (χ0n) is 11.2. The molecule has 8 heteroatoms. The van der Waals surface area contributed by atoms with Gasteiger partial charge in [0.2, 0.25) is 0 Å². The fourth-order valence-corrected chi connectivity index (χ4v) is 2.77. The smallest absolute Gasteiger partial charge is 0.328 e. The molecule has 3 rings (SSSR count). The van der Waals surface area contributed by atoms with Gasteiger partial charge in [-0.15, -0.1) is 0 Å². The van der Waals surface area contributed by atoms with Crippen molar-refractivity contribution in [3.05, 3.63) is 45.4 Å². The molecular weight excluding hydrogens is 294 g/mol. The monoisotopic (exact) mass is 307 g/mol. The van der Waals surface area contributed by atoms with Crippen LogP contribution in [-0.2, 0) is 0 Å². The molecule has 21 heavy (non-hydrogen) atoms. The Bertz CT molecular complexity index is 710. The quantitative estimate of drug-likeness (QED) is 0.879. The molecule has 2 N–H and O–H groups in total. The highest BCUT2D eigenvalue weighted by atomic mass is 35.5.